The molecule has 0 rings (SSSR count). The van der Waals surface area contributed by atoms with Gasteiger partial charge in [0.2, 0.25) is 0 Å². The second-order valence-corrected chi connectivity index (χ2v) is 4.58. The monoisotopic (exact) mass is 292 g/mol. The van der Waals surface area contributed by atoms with Gasteiger partial charge in [-0.25, -0.2) is 4.79 Å². The average Bonchev–Trinajstić information content (AvgIpc) is 2.21. The maximum atomic E-state index is 11.7. The fourth-order valence-corrected chi connectivity index (χ4v) is 1.21. The van der Waals surface area contributed by atoms with Gasteiger partial charge in [-0.1, -0.05) is 29.4 Å². The average molecular weight is 293 g/mol. The molecule has 0 aromatic rings. The summed E-state index contributed by atoms with van der Waals surface area (Å²) in [7, 11) is 0. The van der Waals surface area contributed by atoms with Crippen molar-refractivity contribution in [3.63, 3.8) is 0 Å². The van der Waals surface area contributed by atoms with Gasteiger partial charge in [0, 0.05) is 10.5 Å². The van der Waals surface area contributed by atoms with Crippen LogP contribution in [0.25, 0.3) is 0 Å². The number of nitrogens with zero attached hydrogens (tertiary/aromatic N) is 1. The van der Waals surface area contributed by atoms with E-state index in [1.807, 2.05) is 13.8 Å². The first-order chi connectivity index (χ1) is 7.38. The molecule has 0 fully saturated rings. The van der Waals surface area contributed by atoms with E-state index in [2.05, 4.69) is 27.8 Å². The Kier molecular flexibility index (Phi) is 6.80. The number of nitrogens with one attached hydrogen (secondary N) is 1. The molecular formula is C10H17BrN2O3. The van der Waals surface area contributed by atoms with E-state index >= 15 is 0 Å². The normalized spacial score (nSPS) is 11.7. The number of hydrogen-bond donors (Lipinski definition) is 2. The third-order valence-corrected chi connectivity index (χ3v) is 2.40. The van der Waals surface area contributed by atoms with E-state index in [1.165, 1.54) is 4.90 Å². The molecule has 16 heavy (non-hydrogen) atoms. The minimum absolute atomic E-state index is 0.111. The van der Waals surface area contributed by atoms with Crippen molar-refractivity contribution in [2.75, 3.05) is 13.1 Å². The van der Waals surface area contributed by atoms with Crippen molar-refractivity contribution in [3.8, 4) is 0 Å². The van der Waals surface area contributed by atoms with Gasteiger partial charge < -0.3 is 15.3 Å². The first-order valence-corrected chi connectivity index (χ1v) is 5.77. The van der Waals surface area contributed by atoms with Crippen LogP contribution in [-0.2, 0) is 4.79 Å². The van der Waals surface area contributed by atoms with Crippen LogP contribution in [0.4, 0.5) is 4.79 Å². The SMILES string of the molecule is C=C(Br)CNC(=O)N(CC(=O)O)C(C)CC. The third-order valence-electron chi connectivity index (χ3n) is 2.12. The van der Waals surface area contributed by atoms with Crippen molar-refractivity contribution in [3.05, 3.63) is 11.1 Å². The number of aliphatic carboxylic acids is 1. The molecule has 0 spiro atoms. The molecule has 6 heteroatoms. The predicted octanol–water partition coefficient (Wildman–Crippen LogP) is 1.79. The molecule has 0 saturated heterocycles. The van der Waals surface area contributed by atoms with Crippen LogP contribution in [-0.4, -0.2) is 41.1 Å². The lowest BCUT2D eigenvalue weighted by Gasteiger charge is -2.27. The van der Waals surface area contributed by atoms with E-state index in [9.17, 15) is 9.59 Å². The lowest BCUT2D eigenvalue weighted by Crippen LogP contribution is -2.47. The predicted molar refractivity (Wildman–Crippen MR) is 65.6 cm³/mol. The van der Waals surface area contributed by atoms with Gasteiger partial charge in [-0.2, -0.15) is 0 Å². The number of carbonyl (C=O) groups is 2. The van der Waals surface area contributed by atoms with Crippen LogP contribution >= 0.6 is 15.9 Å². The Morgan fingerprint density at radius 2 is 2.12 bits per heavy atom. The zero-order valence-corrected chi connectivity index (χ0v) is 11.1. The molecule has 1 atom stereocenters. The van der Waals surface area contributed by atoms with E-state index in [1.54, 1.807) is 0 Å². The minimum atomic E-state index is -1.02. The topological polar surface area (TPSA) is 69.6 Å². The van der Waals surface area contributed by atoms with Crippen LogP contribution in [0.5, 0.6) is 0 Å². The van der Waals surface area contributed by atoms with Crippen molar-refractivity contribution < 1.29 is 14.7 Å². The number of urea groups is 1. The summed E-state index contributed by atoms with van der Waals surface area (Å²) in [6.45, 7) is 7.28. The molecule has 0 bridgehead atoms. The minimum Gasteiger partial charge on any atom is -0.480 e. The largest absolute Gasteiger partial charge is 0.480 e. The zero-order valence-electron chi connectivity index (χ0n) is 9.49. The zero-order chi connectivity index (χ0) is 12.7. The molecule has 0 aliphatic rings. The standard InChI is InChI=1S/C10H17BrN2O3/c1-4-8(3)13(6-9(14)15)10(16)12-5-7(2)11/h8H,2,4-6H2,1,3H3,(H,12,16)(H,14,15). The summed E-state index contributed by atoms with van der Waals surface area (Å²) in [5.74, 6) is -1.02. The Morgan fingerprint density at radius 3 is 2.50 bits per heavy atom. The summed E-state index contributed by atoms with van der Waals surface area (Å²) in [5, 5.41) is 11.3. The number of carboxylic acids is 1. The fraction of sp³-hybridized carbons (Fsp3) is 0.600. The number of hydrogen-bond acceptors (Lipinski definition) is 2. The number of amides is 2. The molecule has 0 radical (unpaired) electrons. The summed E-state index contributed by atoms with van der Waals surface area (Å²) in [5.41, 5.74) is 0. The van der Waals surface area contributed by atoms with Crippen LogP contribution in [0.3, 0.4) is 0 Å². The molecule has 1 unspecified atom stereocenters. The van der Waals surface area contributed by atoms with Gasteiger partial charge in [0.25, 0.3) is 0 Å². The summed E-state index contributed by atoms with van der Waals surface area (Å²) in [6, 6.07) is -0.503. The highest BCUT2D eigenvalue weighted by Gasteiger charge is 2.20. The van der Waals surface area contributed by atoms with Gasteiger partial charge in [0.1, 0.15) is 6.54 Å². The maximum Gasteiger partial charge on any atom is 0.323 e. The van der Waals surface area contributed by atoms with Crippen molar-refractivity contribution in [2.45, 2.75) is 26.3 Å². The van der Waals surface area contributed by atoms with Crippen LogP contribution in [0, 0.1) is 0 Å². The first-order valence-electron chi connectivity index (χ1n) is 4.98. The summed E-state index contributed by atoms with van der Waals surface area (Å²) in [6.07, 6.45) is 0.704. The van der Waals surface area contributed by atoms with Gasteiger partial charge in [0.15, 0.2) is 0 Å². The number of carboxylic acid groups (broad SMARTS) is 1. The fourth-order valence-electron chi connectivity index (χ4n) is 1.07. The Bertz CT molecular complexity index is 281. The van der Waals surface area contributed by atoms with Gasteiger partial charge in [-0.05, 0) is 13.3 Å². The highest BCUT2D eigenvalue weighted by molar-refractivity contribution is 9.11. The molecule has 5 nitrogen and oxygen atoms in total. The van der Waals surface area contributed by atoms with Crippen molar-refractivity contribution in [1.82, 2.24) is 10.2 Å². The van der Waals surface area contributed by atoms with E-state index in [0.717, 1.165) is 0 Å². The third kappa shape index (κ3) is 5.75. The maximum absolute atomic E-state index is 11.7. The van der Waals surface area contributed by atoms with Crippen molar-refractivity contribution in [2.24, 2.45) is 0 Å². The van der Waals surface area contributed by atoms with E-state index in [-0.39, 0.29) is 19.1 Å². The second-order valence-electron chi connectivity index (χ2n) is 3.45. The molecule has 0 aromatic carbocycles. The van der Waals surface area contributed by atoms with Gasteiger partial charge >= 0.3 is 12.0 Å². The Labute approximate surface area is 104 Å². The molecule has 0 heterocycles. The van der Waals surface area contributed by atoms with Crippen LogP contribution in [0.2, 0.25) is 0 Å². The van der Waals surface area contributed by atoms with Crippen molar-refractivity contribution in [1.29, 1.82) is 0 Å². The summed E-state index contributed by atoms with van der Waals surface area (Å²) in [4.78, 5) is 23.6. The molecule has 0 saturated carbocycles. The highest BCUT2D eigenvalue weighted by atomic mass is 79.9. The number of carbonyl (C=O) groups excluding carboxylic acids is 1. The smallest absolute Gasteiger partial charge is 0.323 e. The quantitative estimate of drug-likeness (QED) is 0.784. The van der Waals surface area contributed by atoms with E-state index in [0.29, 0.717) is 10.9 Å². The molecular weight excluding hydrogens is 276 g/mol. The lowest BCUT2D eigenvalue weighted by atomic mass is 10.2. The number of rotatable bonds is 6. The van der Waals surface area contributed by atoms with Crippen LogP contribution in [0.15, 0.2) is 11.1 Å². The highest BCUT2D eigenvalue weighted by Crippen LogP contribution is 2.04. The molecule has 92 valence electrons. The first kappa shape index (κ1) is 15.0. The van der Waals surface area contributed by atoms with Gasteiger partial charge in [-0.3, -0.25) is 4.79 Å². The molecule has 0 aromatic heterocycles. The molecule has 0 aliphatic carbocycles. The van der Waals surface area contributed by atoms with Crippen LogP contribution in [0.1, 0.15) is 20.3 Å². The summed E-state index contributed by atoms with van der Waals surface area (Å²) >= 11 is 3.11. The molecule has 2 N–H and O–H groups in total. The summed E-state index contributed by atoms with van der Waals surface area (Å²) < 4.78 is 0.639. The van der Waals surface area contributed by atoms with Gasteiger partial charge in [0.05, 0.1) is 6.54 Å². The molecule has 0 aliphatic heterocycles. The second kappa shape index (κ2) is 7.27. The van der Waals surface area contributed by atoms with Crippen molar-refractivity contribution >= 4 is 27.9 Å². The Hall–Kier alpha value is -1.04. The van der Waals surface area contributed by atoms with E-state index in [4.69, 9.17) is 5.11 Å². The Balaban J connectivity index is 4.43. The Morgan fingerprint density at radius 1 is 1.56 bits per heavy atom. The lowest BCUT2D eigenvalue weighted by molar-refractivity contribution is -0.138. The van der Waals surface area contributed by atoms with Gasteiger partial charge in [-0.15, -0.1) is 0 Å². The number of halogens is 1. The van der Waals surface area contributed by atoms with E-state index < -0.39 is 12.0 Å². The molecule has 2 amide bonds. The van der Waals surface area contributed by atoms with Crippen LogP contribution < -0.4 is 5.32 Å².